The Hall–Kier alpha value is -2.07. The van der Waals surface area contributed by atoms with Gasteiger partial charge in [-0.1, -0.05) is 37.3 Å². The topological polar surface area (TPSA) is 98.7 Å². The number of anilines is 2. The number of benzene rings is 1. The summed E-state index contributed by atoms with van der Waals surface area (Å²) in [6, 6.07) is 4.48. The van der Waals surface area contributed by atoms with Crippen molar-refractivity contribution in [3.8, 4) is 0 Å². The summed E-state index contributed by atoms with van der Waals surface area (Å²) >= 11 is 6.27. The molecule has 2 aliphatic rings. The molecule has 0 bridgehead atoms. The number of amides is 1. The van der Waals surface area contributed by atoms with E-state index in [1.54, 1.807) is 12.3 Å². The maximum absolute atomic E-state index is 13.3. The third-order valence-electron chi connectivity index (χ3n) is 6.05. The summed E-state index contributed by atoms with van der Waals surface area (Å²) in [7, 11) is -3.49. The monoisotopic (exact) mass is 493 g/mol. The maximum Gasteiger partial charge on any atom is 0.232 e. The Morgan fingerprint density at radius 3 is 2.48 bits per heavy atom. The molecule has 0 spiro atoms. The first kappa shape index (κ1) is 24.1. The van der Waals surface area contributed by atoms with Gasteiger partial charge in [0, 0.05) is 19.1 Å². The first-order chi connectivity index (χ1) is 15.8. The van der Waals surface area contributed by atoms with Crippen molar-refractivity contribution in [2.45, 2.75) is 56.1 Å². The third-order valence-corrected chi connectivity index (χ3v) is 7.63. The van der Waals surface area contributed by atoms with E-state index in [0.29, 0.717) is 49.2 Å². The number of carbonyl (C=O) groups excluding carboxylic acids is 1. The third kappa shape index (κ3) is 6.09. The Bertz CT molecular complexity index is 1080. The number of aromatic nitrogens is 2. The molecule has 33 heavy (non-hydrogen) atoms. The number of hydrogen-bond acceptors (Lipinski definition) is 7. The lowest BCUT2D eigenvalue weighted by molar-refractivity contribution is -0.118. The highest BCUT2D eigenvalue weighted by Gasteiger charge is 2.25. The van der Waals surface area contributed by atoms with Gasteiger partial charge in [0.15, 0.2) is 21.9 Å². The Morgan fingerprint density at radius 1 is 1.15 bits per heavy atom. The second kappa shape index (κ2) is 10.5. The van der Waals surface area contributed by atoms with Crippen LogP contribution in [0.1, 0.15) is 44.2 Å². The molecule has 8 nitrogen and oxygen atoms in total. The number of carbonyl (C=O) groups is 1. The molecule has 2 fully saturated rings. The maximum atomic E-state index is 13.3. The molecular formula is C23H28ClN3O5S. The summed E-state index contributed by atoms with van der Waals surface area (Å²) in [5.74, 6) is 0.785. The van der Waals surface area contributed by atoms with Crippen LogP contribution in [0.25, 0.3) is 0 Å². The summed E-state index contributed by atoms with van der Waals surface area (Å²) in [4.78, 5) is 23.7. The zero-order valence-corrected chi connectivity index (χ0v) is 20.1. The molecule has 0 N–H and O–H groups in total. The Balaban J connectivity index is 1.59. The van der Waals surface area contributed by atoms with Crippen LogP contribution in [0.2, 0.25) is 5.02 Å². The smallest absolute Gasteiger partial charge is 0.232 e. The van der Waals surface area contributed by atoms with Gasteiger partial charge in [0.25, 0.3) is 0 Å². The molecule has 0 atom stereocenters. The van der Waals surface area contributed by atoms with E-state index >= 15 is 0 Å². The van der Waals surface area contributed by atoms with Gasteiger partial charge in [-0.2, -0.15) is 0 Å². The van der Waals surface area contributed by atoms with Crippen LogP contribution < -0.4 is 4.90 Å². The molecule has 1 aliphatic heterocycles. The van der Waals surface area contributed by atoms with Crippen molar-refractivity contribution in [2.24, 2.45) is 5.92 Å². The summed E-state index contributed by atoms with van der Waals surface area (Å²) in [5.41, 5.74) is 1.14. The van der Waals surface area contributed by atoms with Crippen molar-refractivity contribution in [1.82, 2.24) is 9.97 Å². The van der Waals surface area contributed by atoms with Gasteiger partial charge in [0.2, 0.25) is 5.91 Å². The number of nitrogens with zero attached hydrogens (tertiary/aromatic N) is 3. The van der Waals surface area contributed by atoms with E-state index in [-0.39, 0.29) is 22.1 Å². The van der Waals surface area contributed by atoms with Crippen LogP contribution in [-0.4, -0.2) is 50.1 Å². The van der Waals surface area contributed by atoms with Gasteiger partial charge in [0.05, 0.1) is 46.9 Å². The van der Waals surface area contributed by atoms with Crippen molar-refractivity contribution < 1.29 is 22.7 Å². The molecule has 0 radical (unpaired) electrons. The van der Waals surface area contributed by atoms with Gasteiger partial charge >= 0.3 is 0 Å². The molecule has 1 aromatic heterocycles. The van der Waals surface area contributed by atoms with Crippen molar-refractivity contribution in [3.63, 3.8) is 0 Å². The molecule has 0 unspecified atom stereocenters. The largest absolute Gasteiger partial charge is 0.350 e. The Kier molecular flexibility index (Phi) is 7.63. The van der Waals surface area contributed by atoms with Gasteiger partial charge in [-0.3, -0.25) is 14.7 Å². The van der Waals surface area contributed by atoms with Gasteiger partial charge in [0.1, 0.15) is 0 Å². The van der Waals surface area contributed by atoms with Crippen LogP contribution in [-0.2, 0) is 30.5 Å². The summed E-state index contributed by atoms with van der Waals surface area (Å²) in [6.45, 7) is 1.12. The molecule has 178 valence electrons. The van der Waals surface area contributed by atoms with Crippen LogP contribution in [0.3, 0.4) is 0 Å². The van der Waals surface area contributed by atoms with Gasteiger partial charge in [-0.15, -0.1) is 0 Å². The van der Waals surface area contributed by atoms with Crippen LogP contribution in [0.4, 0.5) is 11.5 Å². The van der Waals surface area contributed by atoms with Crippen LogP contribution >= 0.6 is 11.6 Å². The first-order valence-electron chi connectivity index (χ1n) is 11.2. The van der Waals surface area contributed by atoms with Gasteiger partial charge in [-0.25, -0.2) is 13.4 Å². The van der Waals surface area contributed by atoms with Gasteiger partial charge < -0.3 is 9.47 Å². The van der Waals surface area contributed by atoms with Crippen molar-refractivity contribution in [1.29, 1.82) is 0 Å². The highest BCUT2D eigenvalue weighted by molar-refractivity contribution is 7.90. The van der Waals surface area contributed by atoms with Crippen LogP contribution in [0.5, 0.6) is 0 Å². The lowest BCUT2D eigenvalue weighted by atomic mass is 10.0. The number of sulfone groups is 1. The highest BCUT2D eigenvalue weighted by Crippen LogP contribution is 2.33. The van der Waals surface area contributed by atoms with Crippen LogP contribution in [0, 0.1) is 5.92 Å². The predicted molar refractivity (Wildman–Crippen MR) is 124 cm³/mol. The van der Waals surface area contributed by atoms with E-state index in [1.807, 2.05) is 0 Å². The molecule has 10 heteroatoms. The second-order valence-electron chi connectivity index (χ2n) is 8.55. The van der Waals surface area contributed by atoms with E-state index in [1.165, 1.54) is 36.1 Å². The second-order valence-corrected chi connectivity index (χ2v) is 10.9. The Morgan fingerprint density at radius 2 is 1.88 bits per heavy atom. The summed E-state index contributed by atoms with van der Waals surface area (Å²) in [6.07, 6.45) is 10.3. The summed E-state index contributed by atoms with van der Waals surface area (Å²) in [5, 5.41) is 0.0590. The lowest BCUT2D eigenvalue weighted by Gasteiger charge is -2.23. The minimum absolute atomic E-state index is 0.0178. The molecule has 2 heterocycles. The fourth-order valence-electron chi connectivity index (χ4n) is 4.34. The van der Waals surface area contributed by atoms with E-state index in [0.717, 1.165) is 25.5 Å². The number of halogens is 1. The molecule has 4 rings (SSSR count). The van der Waals surface area contributed by atoms with Crippen molar-refractivity contribution in [2.75, 3.05) is 24.4 Å². The molecule has 1 aromatic carbocycles. The molecule has 1 aliphatic carbocycles. The summed E-state index contributed by atoms with van der Waals surface area (Å²) < 4.78 is 34.8. The minimum Gasteiger partial charge on any atom is -0.350 e. The first-order valence-corrected chi connectivity index (χ1v) is 13.4. The highest BCUT2D eigenvalue weighted by atomic mass is 35.5. The molecule has 1 amide bonds. The van der Waals surface area contributed by atoms with Gasteiger partial charge in [-0.05, 0) is 30.5 Å². The average molecular weight is 494 g/mol. The van der Waals surface area contributed by atoms with E-state index in [4.69, 9.17) is 21.1 Å². The number of rotatable bonds is 8. The van der Waals surface area contributed by atoms with Crippen molar-refractivity contribution in [3.05, 3.63) is 41.3 Å². The van der Waals surface area contributed by atoms with E-state index in [2.05, 4.69) is 9.97 Å². The zero-order chi connectivity index (χ0) is 23.4. The fourth-order valence-corrected chi connectivity index (χ4v) is 5.66. The molecule has 1 saturated heterocycles. The van der Waals surface area contributed by atoms with Crippen molar-refractivity contribution >= 4 is 38.9 Å². The SMILES string of the molecule is CS(=O)(=O)c1ccc(N(C(=O)CCC2CCCC2)c2cnc(CC3OCCO3)cn2)cc1Cl. The fraction of sp³-hybridized carbons (Fsp3) is 0.522. The van der Waals surface area contributed by atoms with E-state index in [9.17, 15) is 13.2 Å². The van der Waals surface area contributed by atoms with Crippen LogP contribution in [0.15, 0.2) is 35.5 Å². The average Bonchev–Trinajstić information content (AvgIpc) is 3.47. The normalized spacial score (nSPS) is 17.5. The predicted octanol–water partition coefficient (Wildman–Crippen LogP) is 4.08. The molecular weight excluding hydrogens is 466 g/mol. The lowest BCUT2D eigenvalue weighted by Crippen LogP contribution is -2.27. The number of ether oxygens (including phenoxy) is 2. The van der Waals surface area contributed by atoms with E-state index < -0.39 is 9.84 Å². The minimum atomic E-state index is -3.49. The standard InChI is InChI=1S/C23H28ClN3O5S/c1-33(29,30)20-8-7-18(13-19(20)24)27(22(28)9-6-16-4-2-3-5-16)21-15-25-17(14-26-21)12-23-31-10-11-32-23/h7-8,13-16,23H,2-6,9-12H2,1H3. The Labute approximate surface area is 199 Å². The quantitative estimate of drug-likeness (QED) is 0.546. The molecule has 1 saturated carbocycles. The zero-order valence-electron chi connectivity index (χ0n) is 18.6. The number of hydrogen-bond donors (Lipinski definition) is 0. The molecule has 2 aromatic rings.